The van der Waals surface area contributed by atoms with Crippen molar-refractivity contribution in [1.29, 1.82) is 0 Å². The summed E-state index contributed by atoms with van der Waals surface area (Å²) in [6, 6.07) is 12.6. The monoisotopic (exact) mass is 208 g/mol. The molecule has 1 aromatic heterocycles. The molecule has 1 nitrogen and oxygen atoms in total. The quantitative estimate of drug-likeness (QED) is 0.752. The molecule has 1 heteroatoms. The highest BCUT2D eigenvalue weighted by atomic mass is 14.6. The van der Waals surface area contributed by atoms with Crippen molar-refractivity contribution >= 4 is 6.08 Å². The lowest BCUT2D eigenvalue weighted by Crippen LogP contribution is -1.88. The molecule has 2 rings (SSSR count). The van der Waals surface area contributed by atoms with Crippen LogP contribution in [0.5, 0.6) is 0 Å². The van der Waals surface area contributed by atoms with Gasteiger partial charge in [0.1, 0.15) is 0 Å². The summed E-state index contributed by atoms with van der Waals surface area (Å²) in [6.45, 7) is 1.91. The molecule has 0 unspecified atom stereocenters. The van der Waals surface area contributed by atoms with Gasteiger partial charge in [0.2, 0.25) is 0 Å². The topological polar surface area (TPSA) is 12.9 Å². The number of hydrogen-bond acceptors (Lipinski definition) is 1. The Morgan fingerprint density at radius 1 is 1.12 bits per heavy atom. The molecule has 0 bridgehead atoms. The standard InChI is InChI=1S/C15H14N/c1-2-4-13-6-8-14(9-7-13)11-15-5-3-10-16-12-15/h3-10,12H,11H2,1H3. The molecule has 1 radical (unpaired) electrons. The van der Waals surface area contributed by atoms with Gasteiger partial charge in [-0.3, -0.25) is 4.98 Å². The van der Waals surface area contributed by atoms with E-state index >= 15 is 0 Å². The molecule has 0 aliphatic carbocycles. The average molecular weight is 208 g/mol. The van der Waals surface area contributed by atoms with Crippen LogP contribution >= 0.6 is 0 Å². The first-order chi connectivity index (χ1) is 7.88. The highest BCUT2D eigenvalue weighted by Gasteiger charge is 1.95. The van der Waals surface area contributed by atoms with Crippen LogP contribution in [0.1, 0.15) is 23.6 Å². The van der Waals surface area contributed by atoms with Gasteiger partial charge in [-0.15, -0.1) is 0 Å². The SMILES string of the molecule is C/[C]=C\c1ccc(Cc2cccnc2)cc1. The fraction of sp³-hybridized carbons (Fsp3) is 0.133. The van der Waals surface area contributed by atoms with E-state index in [1.54, 1.807) is 6.20 Å². The molecule has 0 saturated heterocycles. The summed E-state index contributed by atoms with van der Waals surface area (Å²) in [4.78, 5) is 4.11. The molecule has 0 spiro atoms. The van der Waals surface area contributed by atoms with E-state index in [0.29, 0.717) is 0 Å². The van der Waals surface area contributed by atoms with Gasteiger partial charge in [-0.25, -0.2) is 0 Å². The Hall–Kier alpha value is -1.89. The van der Waals surface area contributed by atoms with E-state index in [0.717, 1.165) is 6.42 Å². The minimum Gasteiger partial charge on any atom is -0.264 e. The van der Waals surface area contributed by atoms with E-state index in [2.05, 4.69) is 41.4 Å². The van der Waals surface area contributed by atoms with Crippen molar-refractivity contribution < 1.29 is 0 Å². The highest BCUT2D eigenvalue weighted by molar-refractivity contribution is 5.47. The van der Waals surface area contributed by atoms with Crippen molar-refractivity contribution in [3.63, 3.8) is 0 Å². The maximum absolute atomic E-state index is 4.11. The van der Waals surface area contributed by atoms with Crippen LogP contribution < -0.4 is 0 Å². The summed E-state index contributed by atoms with van der Waals surface area (Å²) < 4.78 is 0. The van der Waals surface area contributed by atoms with Crippen LogP contribution in [0.25, 0.3) is 6.08 Å². The summed E-state index contributed by atoms with van der Waals surface area (Å²) in [5, 5.41) is 0. The molecule has 0 atom stereocenters. The lowest BCUT2D eigenvalue weighted by atomic mass is 10.0. The molecule has 0 fully saturated rings. The Bertz CT molecular complexity index is 455. The van der Waals surface area contributed by atoms with E-state index < -0.39 is 0 Å². The van der Waals surface area contributed by atoms with Crippen LogP contribution in [-0.2, 0) is 6.42 Å². The number of pyridine rings is 1. The van der Waals surface area contributed by atoms with Crippen LogP contribution in [0.3, 0.4) is 0 Å². The van der Waals surface area contributed by atoms with Gasteiger partial charge in [0, 0.05) is 12.4 Å². The minimum absolute atomic E-state index is 0.938. The largest absolute Gasteiger partial charge is 0.264 e. The number of rotatable bonds is 3. The van der Waals surface area contributed by atoms with Crippen molar-refractivity contribution in [2.24, 2.45) is 0 Å². The van der Waals surface area contributed by atoms with Crippen LogP contribution in [0.4, 0.5) is 0 Å². The predicted octanol–water partition coefficient (Wildman–Crippen LogP) is 3.51. The molecule has 0 aliphatic heterocycles. The number of allylic oxidation sites excluding steroid dienone is 1. The fourth-order valence-electron chi connectivity index (χ4n) is 1.64. The Morgan fingerprint density at radius 3 is 2.56 bits per heavy atom. The summed E-state index contributed by atoms with van der Waals surface area (Å²) in [5.74, 6) is 0. The molecule has 79 valence electrons. The van der Waals surface area contributed by atoms with E-state index in [-0.39, 0.29) is 0 Å². The highest BCUT2D eigenvalue weighted by Crippen LogP contribution is 2.10. The van der Waals surface area contributed by atoms with Crippen LogP contribution in [-0.4, -0.2) is 4.98 Å². The van der Waals surface area contributed by atoms with E-state index in [1.165, 1.54) is 16.7 Å². The first-order valence-electron chi connectivity index (χ1n) is 5.37. The third-order valence-electron chi connectivity index (χ3n) is 2.42. The predicted molar refractivity (Wildman–Crippen MR) is 66.9 cm³/mol. The van der Waals surface area contributed by atoms with Crippen molar-refractivity contribution in [2.45, 2.75) is 13.3 Å². The van der Waals surface area contributed by atoms with Crippen molar-refractivity contribution in [3.8, 4) is 0 Å². The Balaban J connectivity index is 2.11. The number of aromatic nitrogens is 1. The van der Waals surface area contributed by atoms with Gasteiger partial charge in [-0.1, -0.05) is 36.4 Å². The van der Waals surface area contributed by atoms with Gasteiger partial charge in [-0.2, -0.15) is 0 Å². The first-order valence-corrected chi connectivity index (χ1v) is 5.37. The molecule has 0 amide bonds. The second-order valence-corrected chi connectivity index (χ2v) is 3.71. The number of hydrogen-bond donors (Lipinski definition) is 0. The van der Waals surface area contributed by atoms with Crippen molar-refractivity contribution in [3.05, 3.63) is 71.6 Å². The number of nitrogens with zero attached hydrogens (tertiary/aromatic N) is 1. The summed E-state index contributed by atoms with van der Waals surface area (Å²) >= 11 is 0. The third kappa shape index (κ3) is 2.80. The van der Waals surface area contributed by atoms with Crippen molar-refractivity contribution in [2.75, 3.05) is 0 Å². The van der Waals surface area contributed by atoms with Crippen LogP contribution in [0, 0.1) is 6.08 Å². The molecule has 2 aromatic rings. The second kappa shape index (κ2) is 5.26. The summed E-state index contributed by atoms with van der Waals surface area (Å²) in [5.41, 5.74) is 3.74. The fourth-order valence-corrected chi connectivity index (χ4v) is 1.64. The smallest absolute Gasteiger partial charge is 0.0303 e. The maximum Gasteiger partial charge on any atom is 0.0303 e. The van der Waals surface area contributed by atoms with Gasteiger partial charge < -0.3 is 0 Å². The molecule has 0 aliphatic rings. The summed E-state index contributed by atoms with van der Waals surface area (Å²) in [6.07, 6.45) is 9.65. The zero-order chi connectivity index (χ0) is 11.2. The van der Waals surface area contributed by atoms with Gasteiger partial charge in [0.15, 0.2) is 0 Å². The zero-order valence-corrected chi connectivity index (χ0v) is 9.35. The van der Waals surface area contributed by atoms with Gasteiger partial charge >= 0.3 is 0 Å². The number of benzene rings is 1. The van der Waals surface area contributed by atoms with Gasteiger partial charge in [-0.05, 0) is 42.2 Å². The normalized spacial score (nSPS) is 10.8. The second-order valence-electron chi connectivity index (χ2n) is 3.71. The van der Waals surface area contributed by atoms with E-state index in [4.69, 9.17) is 0 Å². The molecule has 1 aromatic carbocycles. The van der Waals surface area contributed by atoms with Gasteiger partial charge in [0.25, 0.3) is 0 Å². The lowest BCUT2D eigenvalue weighted by Gasteiger charge is -2.01. The summed E-state index contributed by atoms with van der Waals surface area (Å²) in [7, 11) is 0. The van der Waals surface area contributed by atoms with E-state index in [9.17, 15) is 0 Å². The average Bonchev–Trinajstić information content (AvgIpc) is 2.33. The molecular weight excluding hydrogens is 194 g/mol. The lowest BCUT2D eigenvalue weighted by molar-refractivity contribution is 1.14. The molecule has 0 N–H and O–H groups in total. The molecule has 16 heavy (non-hydrogen) atoms. The Labute approximate surface area is 96.5 Å². The minimum atomic E-state index is 0.938. The molecule has 1 heterocycles. The third-order valence-corrected chi connectivity index (χ3v) is 2.42. The first kappa shape index (κ1) is 10.6. The Morgan fingerprint density at radius 2 is 1.94 bits per heavy atom. The van der Waals surface area contributed by atoms with Crippen LogP contribution in [0.2, 0.25) is 0 Å². The van der Waals surface area contributed by atoms with E-state index in [1.807, 2.05) is 25.3 Å². The molecular formula is C15H14N. The Kier molecular flexibility index (Phi) is 3.50. The zero-order valence-electron chi connectivity index (χ0n) is 9.35. The molecule has 0 saturated carbocycles. The van der Waals surface area contributed by atoms with Gasteiger partial charge in [0.05, 0.1) is 0 Å². The van der Waals surface area contributed by atoms with Crippen molar-refractivity contribution in [1.82, 2.24) is 4.98 Å². The maximum atomic E-state index is 4.11. The van der Waals surface area contributed by atoms with Crippen LogP contribution in [0.15, 0.2) is 48.8 Å².